The Morgan fingerprint density at radius 1 is 1.72 bits per heavy atom. The molecule has 100 valence electrons. The van der Waals surface area contributed by atoms with Crippen molar-refractivity contribution < 1.29 is 14.8 Å². The molecule has 1 heterocycles. The predicted molar refractivity (Wildman–Crippen MR) is 63.0 cm³/mol. The van der Waals surface area contributed by atoms with Gasteiger partial charge in [0.1, 0.15) is 11.8 Å². The van der Waals surface area contributed by atoms with Crippen molar-refractivity contribution in [3.05, 3.63) is 15.8 Å². The number of carbonyl (C=O) groups is 1. The van der Waals surface area contributed by atoms with Crippen LogP contribution in [0.25, 0.3) is 0 Å². The lowest BCUT2D eigenvalue weighted by molar-refractivity contribution is -0.384. The number of carbonyl (C=O) groups excluding carboxylic acids is 1. The van der Waals surface area contributed by atoms with Crippen LogP contribution in [0.3, 0.4) is 0 Å². The molecule has 9 nitrogen and oxygen atoms in total. The van der Waals surface area contributed by atoms with Crippen molar-refractivity contribution in [3.63, 3.8) is 0 Å². The van der Waals surface area contributed by atoms with Gasteiger partial charge in [-0.15, -0.1) is 0 Å². The van der Waals surface area contributed by atoms with Gasteiger partial charge in [0.05, 0.1) is 11.5 Å². The standard InChI is InChI=1S/C9H15N5O4/c1-3-13-9(11-4-6(15)8(10)16)7(14(17)18)5(2)12-13/h6,11,15H,3-4H2,1-2H3,(H2,10,16). The molecule has 1 rings (SSSR count). The van der Waals surface area contributed by atoms with Crippen molar-refractivity contribution in [2.24, 2.45) is 5.73 Å². The molecular formula is C9H15N5O4. The maximum absolute atomic E-state index is 10.9. The van der Waals surface area contributed by atoms with Crippen molar-refractivity contribution in [3.8, 4) is 0 Å². The van der Waals surface area contributed by atoms with Gasteiger partial charge in [-0.1, -0.05) is 0 Å². The van der Waals surface area contributed by atoms with Crippen LogP contribution in [0.15, 0.2) is 0 Å². The number of rotatable bonds is 6. The summed E-state index contributed by atoms with van der Waals surface area (Å²) in [6.45, 7) is 3.50. The Labute approximate surface area is 103 Å². The fourth-order valence-electron chi connectivity index (χ4n) is 1.49. The first-order chi connectivity index (χ1) is 8.38. The maximum Gasteiger partial charge on any atom is 0.333 e. The summed E-state index contributed by atoms with van der Waals surface area (Å²) in [7, 11) is 0. The molecule has 0 aliphatic rings. The van der Waals surface area contributed by atoms with Crippen molar-refractivity contribution in [2.45, 2.75) is 26.5 Å². The number of aromatic nitrogens is 2. The number of nitrogens with two attached hydrogens (primary N) is 1. The first-order valence-corrected chi connectivity index (χ1v) is 5.31. The summed E-state index contributed by atoms with van der Waals surface area (Å²) in [6, 6.07) is 0. The molecule has 0 radical (unpaired) electrons. The van der Waals surface area contributed by atoms with Gasteiger partial charge >= 0.3 is 5.69 Å². The Balaban J connectivity index is 2.99. The van der Waals surface area contributed by atoms with Crippen LogP contribution in [0.1, 0.15) is 12.6 Å². The molecule has 4 N–H and O–H groups in total. The van der Waals surface area contributed by atoms with E-state index in [4.69, 9.17) is 5.73 Å². The van der Waals surface area contributed by atoms with Gasteiger partial charge in [-0.2, -0.15) is 5.10 Å². The topological polar surface area (TPSA) is 136 Å². The van der Waals surface area contributed by atoms with Crippen LogP contribution in [0, 0.1) is 17.0 Å². The summed E-state index contributed by atoms with van der Waals surface area (Å²) in [4.78, 5) is 21.0. The van der Waals surface area contributed by atoms with Gasteiger partial charge in [-0.25, -0.2) is 4.68 Å². The Bertz CT molecular complexity index is 470. The monoisotopic (exact) mass is 257 g/mol. The van der Waals surface area contributed by atoms with Gasteiger partial charge in [-0.05, 0) is 13.8 Å². The highest BCUT2D eigenvalue weighted by Gasteiger charge is 2.25. The lowest BCUT2D eigenvalue weighted by Crippen LogP contribution is -2.34. The second kappa shape index (κ2) is 5.45. The Morgan fingerprint density at radius 3 is 2.78 bits per heavy atom. The smallest absolute Gasteiger partial charge is 0.333 e. The quantitative estimate of drug-likeness (QED) is 0.458. The highest BCUT2D eigenvalue weighted by molar-refractivity contribution is 5.79. The van der Waals surface area contributed by atoms with Gasteiger partial charge in [0.25, 0.3) is 0 Å². The summed E-state index contributed by atoms with van der Waals surface area (Å²) >= 11 is 0. The molecule has 0 saturated carbocycles. The number of amides is 1. The van der Waals surface area contributed by atoms with E-state index in [0.29, 0.717) is 6.54 Å². The molecule has 18 heavy (non-hydrogen) atoms. The normalized spacial score (nSPS) is 12.2. The molecule has 0 spiro atoms. The van der Waals surface area contributed by atoms with Crippen LogP contribution < -0.4 is 11.1 Å². The first kappa shape index (κ1) is 13.9. The van der Waals surface area contributed by atoms with Crippen LogP contribution in [0.4, 0.5) is 11.5 Å². The highest BCUT2D eigenvalue weighted by Crippen LogP contribution is 2.27. The summed E-state index contributed by atoms with van der Waals surface area (Å²) in [5.41, 5.74) is 4.98. The van der Waals surface area contributed by atoms with Crippen LogP contribution in [-0.4, -0.2) is 38.4 Å². The van der Waals surface area contributed by atoms with Gasteiger partial charge in [0, 0.05) is 6.54 Å². The second-order valence-corrected chi connectivity index (χ2v) is 3.65. The molecule has 1 aromatic rings. The number of aryl methyl sites for hydroxylation is 2. The summed E-state index contributed by atoms with van der Waals surface area (Å²) in [5, 5.41) is 26.8. The van der Waals surface area contributed by atoms with E-state index in [1.54, 1.807) is 6.92 Å². The van der Waals surface area contributed by atoms with Crippen molar-refractivity contribution >= 4 is 17.4 Å². The van der Waals surface area contributed by atoms with Gasteiger partial charge in [0.15, 0.2) is 0 Å². The Morgan fingerprint density at radius 2 is 2.33 bits per heavy atom. The fraction of sp³-hybridized carbons (Fsp3) is 0.556. The summed E-state index contributed by atoms with van der Waals surface area (Å²) in [5.74, 6) is -0.746. The molecule has 0 aliphatic carbocycles. The number of aliphatic hydroxyl groups excluding tert-OH is 1. The number of nitro groups is 1. The molecule has 1 amide bonds. The Kier molecular flexibility index (Phi) is 4.21. The van der Waals surface area contributed by atoms with Crippen LogP contribution in [0.5, 0.6) is 0 Å². The van der Waals surface area contributed by atoms with Crippen LogP contribution in [0.2, 0.25) is 0 Å². The molecule has 1 aromatic heterocycles. The molecule has 0 bridgehead atoms. The third-order valence-corrected chi connectivity index (χ3v) is 2.37. The average molecular weight is 257 g/mol. The second-order valence-electron chi connectivity index (χ2n) is 3.65. The van der Waals surface area contributed by atoms with E-state index in [-0.39, 0.29) is 23.7 Å². The minimum atomic E-state index is -1.41. The fourth-order valence-corrected chi connectivity index (χ4v) is 1.49. The molecular weight excluding hydrogens is 242 g/mol. The van der Waals surface area contributed by atoms with Crippen LogP contribution in [-0.2, 0) is 11.3 Å². The van der Waals surface area contributed by atoms with E-state index < -0.39 is 16.9 Å². The van der Waals surface area contributed by atoms with E-state index >= 15 is 0 Å². The van der Waals surface area contributed by atoms with Crippen molar-refractivity contribution in [1.82, 2.24) is 9.78 Å². The zero-order valence-corrected chi connectivity index (χ0v) is 10.1. The highest BCUT2D eigenvalue weighted by atomic mass is 16.6. The third-order valence-electron chi connectivity index (χ3n) is 2.37. The van der Waals surface area contributed by atoms with Gasteiger partial charge in [-0.3, -0.25) is 14.9 Å². The molecule has 9 heteroatoms. The van der Waals surface area contributed by atoms with E-state index in [1.165, 1.54) is 11.6 Å². The summed E-state index contributed by atoms with van der Waals surface area (Å²) < 4.78 is 1.39. The van der Waals surface area contributed by atoms with Crippen molar-refractivity contribution in [1.29, 1.82) is 0 Å². The largest absolute Gasteiger partial charge is 0.381 e. The number of nitrogens with zero attached hydrogens (tertiary/aromatic N) is 3. The van der Waals surface area contributed by atoms with Crippen molar-refractivity contribution in [2.75, 3.05) is 11.9 Å². The zero-order chi connectivity index (χ0) is 13.9. The van der Waals surface area contributed by atoms with Gasteiger partial charge in [0.2, 0.25) is 11.7 Å². The maximum atomic E-state index is 10.9. The molecule has 0 aliphatic heterocycles. The molecule has 0 saturated heterocycles. The summed E-state index contributed by atoms with van der Waals surface area (Å²) in [6.07, 6.45) is -1.41. The third kappa shape index (κ3) is 2.74. The van der Waals surface area contributed by atoms with E-state index in [1.807, 2.05) is 0 Å². The predicted octanol–water partition coefficient (Wildman–Crippen LogP) is -0.622. The molecule has 1 unspecified atom stereocenters. The molecule has 0 aromatic carbocycles. The Hall–Kier alpha value is -2.16. The van der Waals surface area contributed by atoms with E-state index in [2.05, 4.69) is 10.4 Å². The minimum Gasteiger partial charge on any atom is -0.381 e. The van der Waals surface area contributed by atoms with E-state index in [0.717, 1.165) is 0 Å². The lowest BCUT2D eigenvalue weighted by Gasteiger charge is -2.10. The number of hydrogen-bond donors (Lipinski definition) is 3. The minimum absolute atomic E-state index is 0.153. The number of nitrogens with one attached hydrogen (secondary N) is 1. The van der Waals surface area contributed by atoms with E-state index in [9.17, 15) is 20.0 Å². The first-order valence-electron chi connectivity index (χ1n) is 5.31. The number of primary amides is 1. The SMILES string of the molecule is CCn1nc(C)c([N+](=O)[O-])c1NCC(O)C(N)=O. The average Bonchev–Trinajstić information content (AvgIpc) is 2.61. The van der Waals surface area contributed by atoms with Gasteiger partial charge < -0.3 is 16.2 Å². The molecule has 0 fully saturated rings. The number of hydrogen-bond acceptors (Lipinski definition) is 6. The molecule has 1 atom stereocenters. The number of aliphatic hydroxyl groups is 1. The zero-order valence-electron chi connectivity index (χ0n) is 10.1. The number of anilines is 1. The lowest BCUT2D eigenvalue weighted by atomic mass is 10.3. The van der Waals surface area contributed by atoms with Crippen LogP contribution >= 0.6 is 0 Å².